The van der Waals surface area contributed by atoms with Crippen molar-refractivity contribution in [3.05, 3.63) is 0 Å². The van der Waals surface area contributed by atoms with Gasteiger partial charge in [-0.3, -0.25) is 4.90 Å². The summed E-state index contributed by atoms with van der Waals surface area (Å²) in [6.07, 6.45) is -0.368. The Balaban J connectivity index is 2.71. The highest BCUT2D eigenvalue weighted by Crippen LogP contribution is 2.37. The molecule has 12 heavy (non-hydrogen) atoms. The average molecular weight is 181 g/mol. The van der Waals surface area contributed by atoms with Crippen LogP contribution in [0, 0.1) is 0 Å². The van der Waals surface area contributed by atoms with Crippen LogP contribution in [0.1, 0.15) is 20.3 Å². The summed E-state index contributed by atoms with van der Waals surface area (Å²) in [5.74, 6) is -2.72. The highest BCUT2D eigenvalue weighted by atomic mass is 19.3. The molecular formula is C8H14F3N. The quantitative estimate of drug-likeness (QED) is 0.598. The van der Waals surface area contributed by atoms with Gasteiger partial charge >= 0.3 is 0 Å². The fourth-order valence-corrected chi connectivity index (χ4v) is 1.75. The molecule has 0 aromatic heterocycles. The van der Waals surface area contributed by atoms with Gasteiger partial charge in [-0.15, -0.1) is 0 Å². The molecule has 72 valence electrons. The zero-order chi connectivity index (χ0) is 9.57. The lowest BCUT2D eigenvalue weighted by molar-refractivity contribution is 0.0118. The highest BCUT2D eigenvalue weighted by Gasteiger charge is 2.49. The minimum atomic E-state index is -2.72. The van der Waals surface area contributed by atoms with E-state index in [4.69, 9.17) is 0 Å². The van der Waals surface area contributed by atoms with Gasteiger partial charge in [0.05, 0.1) is 6.54 Å². The Morgan fingerprint density at radius 1 is 1.42 bits per heavy atom. The van der Waals surface area contributed by atoms with Crippen LogP contribution in [0.5, 0.6) is 0 Å². The van der Waals surface area contributed by atoms with Gasteiger partial charge in [0.25, 0.3) is 5.92 Å². The Morgan fingerprint density at radius 3 is 2.08 bits per heavy atom. The van der Waals surface area contributed by atoms with Gasteiger partial charge in [0.15, 0.2) is 0 Å². The lowest BCUT2D eigenvalue weighted by Crippen LogP contribution is -2.40. The number of halogens is 3. The molecule has 0 radical (unpaired) electrons. The van der Waals surface area contributed by atoms with E-state index in [9.17, 15) is 13.2 Å². The van der Waals surface area contributed by atoms with Crippen LogP contribution >= 0.6 is 0 Å². The molecule has 1 saturated heterocycles. The molecule has 1 unspecified atom stereocenters. The summed E-state index contributed by atoms with van der Waals surface area (Å²) in [4.78, 5) is 1.39. The molecular weight excluding hydrogens is 167 g/mol. The largest absolute Gasteiger partial charge is 0.294 e. The fourth-order valence-electron chi connectivity index (χ4n) is 1.75. The SMILES string of the molecule is CN1CC(F)(F)CC1C(C)(C)F. The molecule has 0 aliphatic carbocycles. The predicted octanol–water partition coefficient (Wildman–Crippen LogP) is 2.07. The van der Waals surface area contributed by atoms with Crippen LogP contribution in [0.4, 0.5) is 13.2 Å². The first kappa shape index (κ1) is 9.84. The molecule has 0 saturated carbocycles. The molecule has 1 heterocycles. The molecule has 1 nitrogen and oxygen atoms in total. The summed E-state index contributed by atoms with van der Waals surface area (Å²) < 4.78 is 38.8. The standard InChI is InChI=1S/C8H14F3N/c1-7(2,9)6-4-8(10,11)5-12(6)3/h6H,4-5H2,1-3H3. The van der Waals surface area contributed by atoms with Crippen LogP contribution in [0.15, 0.2) is 0 Å². The van der Waals surface area contributed by atoms with E-state index < -0.39 is 17.6 Å². The number of hydrogen-bond acceptors (Lipinski definition) is 1. The van der Waals surface area contributed by atoms with E-state index in [1.165, 1.54) is 25.8 Å². The molecule has 4 heteroatoms. The minimum absolute atomic E-state index is 0.328. The Bertz CT molecular complexity index is 174. The highest BCUT2D eigenvalue weighted by molar-refractivity contribution is 4.96. The van der Waals surface area contributed by atoms with E-state index in [1.807, 2.05) is 0 Å². The van der Waals surface area contributed by atoms with Gasteiger partial charge in [-0.2, -0.15) is 0 Å². The van der Waals surface area contributed by atoms with Crippen LogP contribution < -0.4 is 0 Å². The maximum Gasteiger partial charge on any atom is 0.262 e. The van der Waals surface area contributed by atoms with Crippen molar-refractivity contribution in [1.82, 2.24) is 4.90 Å². The lowest BCUT2D eigenvalue weighted by Gasteiger charge is -2.27. The van der Waals surface area contributed by atoms with Gasteiger partial charge in [-0.25, -0.2) is 13.2 Å². The number of alkyl halides is 3. The molecule has 0 bridgehead atoms. The van der Waals surface area contributed by atoms with Gasteiger partial charge in [-0.1, -0.05) is 0 Å². The van der Waals surface area contributed by atoms with Gasteiger partial charge in [0.2, 0.25) is 0 Å². The molecule has 0 N–H and O–H groups in total. The van der Waals surface area contributed by atoms with Crippen LogP contribution in [0.2, 0.25) is 0 Å². The maximum absolute atomic E-state index is 13.3. The molecule has 1 fully saturated rings. The van der Waals surface area contributed by atoms with E-state index in [-0.39, 0.29) is 13.0 Å². The molecule has 1 aliphatic heterocycles. The normalized spacial score (nSPS) is 31.0. The first-order valence-electron chi connectivity index (χ1n) is 3.99. The Hall–Kier alpha value is -0.250. The van der Waals surface area contributed by atoms with E-state index in [1.54, 1.807) is 0 Å². The minimum Gasteiger partial charge on any atom is -0.294 e. The maximum atomic E-state index is 13.3. The number of rotatable bonds is 1. The van der Waals surface area contributed by atoms with Crippen molar-refractivity contribution < 1.29 is 13.2 Å². The summed E-state index contributed by atoms with van der Waals surface area (Å²) >= 11 is 0. The van der Waals surface area contributed by atoms with Crippen molar-refractivity contribution in [2.45, 2.75) is 37.9 Å². The topological polar surface area (TPSA) is 3.24 Å². The average Bonchev–Trinajstić information content (AvgIpc) is 2.03. The van der Waals surface area contributed by atoms with Crippen LogP contribution in [0.3, 0.4) is 0 Å². The lowest BCUT2D eigenvalue weighted by atomic mass is 9.98. The molecule has 1 rings (SSSR count). The zero-order valence-corrected chi connectivity index (χ0v) is 7.57. The van der Waals surface area contributed by atoms with Crippen molar-refractivity contribution in [3.63, 3.8) is 0 Å². The Labute approximate surface area is 70.5 Å². The van der Waals surface area contributed by atoms with E-state index in [2.05, 4.69) is 0 Å². The molecule has 1 atom stereocenters. The Morgan fingerprint density at radius 2 is 1.92 bits per heavy atom. The van der Waals surface area contributed by atoms with Crippen LogP contribution in [-0.4, -0.2) is 36.1 Å². The number of nitrogens with zero attached hydrogens (tertiary/aromatic N) is 1. The second-order valence-corrected chi connectivity index (χ2v) is 4.06. The number of likely N-dealkylation sites (tertiary alicyclic amines) is 1. The second kappa shape index (κ2) is 2.62. The summed E-state index contributed by atoms with van der Waals surface area (Å²) in [6.45, 7) is 2.36. The second-order valence-electron chi connectivity index (χ2n) is 4.06. The molecule has 0 amide bonds. The van der Waals surface area contributed by atoms with Crippen molar-refractivity contribution in [2.75, 3.05) is 13.6 Å². The van der Waals surface area contributed by atoms with Crippen molar-refractivity contribution in [2.24, 2.45) is 0 Å². The van der Waals surface area contributed by atoms with Crippen LogP contribution in [-0.2, 0) is 0 Å². The van der Waals surface area contributed by atoms with Gasteiger partial charge < -0.3 is 0 Å². The summed E-state index contributed by atoms with van der Waals surface area (Å²) in [7, 11) is 1.53. The van der Waals surface area contributed by atoms with Crippen molar-refractivity contribution in [3.8, 4) is 0 Å². The molecule has 0 spiro atoms. The predicted molar refractivity (Wildman–Crippen MR) is 41.2 cm³/mol. The first-order valence-corrected chi connectivity index (χ1v) is 3.99. The first-order chi connectivity index (χ1) is 5.22. The molecule has 0 aromatic carbocycles. The van der Waals surface area contributed by atoms with Crippen molar-refractivity contribution >= 4 is 0 Å². The van der Waals surface area contributed by atoms with E-state index in [0.29, 0.717) is 0 Å². The third kappa shape index (κ3) is 1.91. The van der Waals surface area contributed by atoms with Gasteiger partial charge in [0.1, 0.15) is 5.67 Å². The fraction of sp³-hybridized carbons (Fsp3) is 1.00. The van der Waals surface area contributed by atoms with E-state index in [0.717, 1.165) is 0 Å². The number of hydrogen-bond donors (Lipinski definition) is 0. The summed E-state index contributed by atoms with van der Waals surface area (Å²) in [5, 5.41) is 0. The molecule has 1 aliphatic rings. The Kier molecular flexibility index (Phi) is 2.15. The van der Waals surface area contributed by atoms with Crippen molar-refractivity contribution in [1.29, 1.82) is 0 Å². The van der Waals surface area contributed by atoms with Gasteiger partial charge in [-0.05, 0) is 20.9 Å². The van der Waals surface area contributed by atoms with Gasteiger partial charge in [0, 0.05) is 12.5 Å². The summed E-state index contributed by atoms with van der Waals surface area (Å²) in [5.41, 5.74) is -1.55. The molecule has 0 aromatic rings. The van der Waals surface area contributed by atoms with E-state index >= 15 is 0 Å². The third-order valence-corrected chi connectivity index (χ3v) is 2.30. The zero-order valence-electron chi connectivity index (χ0n) is 7.57. The van der Waals surface area contributed by atoms with Crippen LogP contribution in [0.25, 0.3) is 0 Å². The monoisotopic (exact) mass is 181 g/mol. The summed E-state index contributed by atoms with van der Waals surface area (Å²) in [6, 6.07) is -0.660. The smallest absolute Gasteiger partial charge is 0.262 e. The third-order valence-electron chi connectivity index (χ3n) is 2.30.